The first-order chi connectivity index (χ1) is 16.5. The van der Waals surface area contributed by atoms with Gasteiger partial charge in [-0.25, -0.2) is 4.79 Å². The van der Waals surface area contributed by atoms with Crippen molar-refractivity contribution in [1.29, 1.82) is 0 Å². The van der Waals surface area contributed by atoms with Gasteiger partial charge in [0.15, 0.2) is 5.60 Å². The molecular formula is C27H48O8. The molecule has 8 nitrogen and oxygen atoms in total. The molecule has 35 heavy (non-hydrogen) atoms. The Balaban J connectivity index is 4.77. The number of esters is 2. The van der Waals surface area contributed by atoms with Crippen LogP contribution in [0.5, 0.6) is 0 Å². The van der Waals surface area contributed by atoms with Gasteiger partial charge in [0, 0.05) is 6.42 Å². The van der Waals surface area contributed by atoms with Gasteiger partial charge in [-0.2, -0.15) is 0 Å². The Hall–Kier alpha value is -1.96. The molecule has 0 aliphatic carbocycles. The normalized spacial score (nSPS) is 13.9. The molecule has 0 saturated heterocycles. The van der Waals surface area contributed by atoms with E-state index in [1.807, 2.05) is 0 Å². The molecule has 0 aromatic heterocycles. The zero-order valence-corrected chi connectivity index (χ0v) is 22.1. The van der Waals surface area contributed by atoms with Gasteiger partial charge in [-0.1, -0.05) is 104 Å². The summed E-state index contributed by atoms with van der Waals surface area (Å²) in [6.07, 6.45) is 12.2. The van der Waals surface area contributed by atoms with Crippen molar-refractivity contribution >= 4 is 23.9 Å². The van der Waals surface area contributed by atoms with Gasteiger partial charge in [-0.05, 0) is 18.8 Å². The number of hydrogen-bond donors (Lipinski definition) is 3. The van der Waals surface area contributed by atoms with E-state index in [1.165, 1.54) is 25.7 Å². The Kier molecular flexibility index (Phi) is 18.2. The second kappa shape index (κ2) is 19.3. The van der Waals surface area contributed by atoms with Gasteiger partial charge < -0.3 is 20.1 Å². The van der Waals surface area contributed by atoms with Crippen molar-refractivity contribution in [2.75, 3.05) is 0 Å². The SMILES string of the molecule is CCCCCCCC(=O)OC(=O)C(CCCCCCCCCCC(C)C)C(O)(CC(=O)O)C(=O)O. The maximum atomic E-state index is 12.7. The van der Waals surface area contributed by atoms with Gasteiger partial charge in [-0.15, -0.1) is 0 Å². The Morgan fingerprint density at radius 2 is 1.23 bits per heavy atom. The van der Waals surface area contributed by atoms with E-state index in [1.54, 1.807) is 0 Å². The van der Waals surface area contributed by atoms with E-state index in [-0.39, 0.29) is 12.8 Å². The third-order valence-electron chi connectivity index (χ3n) is 6.38. The number of carbonyl (C=O) groups is 4. The molecule has 0 fully saturated rings. The van der Waals surface area contributed by atoms with Crippen molar-refractivity contribution < 1.29 is 39.2 Å². The molecule has 0 aromatic carbocycles. The predicted octanol–water partition coefficient (Wildman–Crippen LogP) is 5.88. The van der Waals surface area contributed by atoms with Gasteiger partial charge >= 0.3 is 23.9 Å². The summed E-state index contributed by atoms with van der Waals surface area (Å²) in [5.41, 5.74) is -2.83. The van der Waals surface area contributed by atoms with Crippen LogP contribution < -0.4 is 0 Å². The molecule has 0 rings (SSSR count). The summed E-state index contributed by atoms with van der Waals surface area (Å²) in [6.45, 7) is 6.51. The van der Waals surface area contributed by atoms with Crippen LogP contribution in [0.3, 0.4) is 0 Å². The largest absolute Gasteiger partial charge is 0.481 e. The first-order valence-corrected chi connectivity index (χ1v) is 13.5. The highest BCUT2D eigenvalue weighted by molar-refractivity contribution is 5.93. The van der Waals surface area contributed by atoms with Crippen molar-refractivity contribution in [3.8, 4) is 0 Å². The summed E-state index contributed by atoms with van der Waals surface area (Å²) in [5, 5.41) is 29.3. The molecule has 0 spiro atoms. The summed E-state index contributed by atoms with van der Waals surface area (Å²) in [4.78, 5) is 47.7. The lowest BCUT2D eigenvalue weighted by Gasteiger charge is -2.29. The number of aliphatic carboxylic acids is 2. The van der Waals surface area contributed by atoms with Crippen LogP contribution in [0.15, 0.2) is 0 Å². The first kappa shape index (κ1) is 33.0. The van der Waals surface area contributed by atoms with Crippen molar-refractivity contribution in [3.63, 3.8) is 0 Å². The second-order valence-electron chi connectivity index (χ2n) is 10.1. The Morgan fingerprint density at radius 1 is 0.743 bits per heavy atom. The minimum atomic E-state index is -2.83. The highest BCUT2D eigenvalue weighted by Gasteiger charge is 2.50. The molecule has 2 atom stereocenters. The van der Waals surface area contributed by atoms with E-state index >= 15 is 0 Å². The van der Waals surface area contributed by atoms with E-state index in [9.17, 15) is 29.4 Å². The van der Waals surface area contributed by atoms with Gasteiger partial charge in [0.2, 0.25) is 0 Å². The van der Waals surface area contributed by atoms with Crippen molar-refractivity contribution in [1.82, 2.24) is 0 Å². The molecule has 2 unspecified atom stereocenters. The molecule has 0 heterocycles. The van der Waals surface area contributed by atoms with Crippen molar-refractivity contribution in [2.24, 2.45) is 11.8 Å². The van der Waals surface area contributed by atoms with Gasteiger partial charge in [0.25, 0.3) is 0 Å². The molecule has 0 amide bonds. The summed E-state index contributed by atoms with van der Waals surface area (Å²) < 4.78 is 4.85. The number of aliphatic hydroxyl groups is 1. The second-order valence-corrected chi connectivity index (χ2v) is 10.1. The molecule has 204 valence electrons. The minimum Gasteiger partial charge on any atom is -0.481 e. The van der Waals surface area contributed by atoms with Crippen LogP contribution in [0.25, 0.3) is 0 Å². The highest BCUT2D eigenvalue weighted by Crippen LogP contribution is 2.29. The van der Waals surface area contributed by atoms with Gasteiger partial charge in [0.05, 0.1) is 12.3 Å². The number of rotatable bonds is 22. The lowest BCUT2D eigenvalue weighted by molar-refractivity contribution is -0.184. The average molecular weight is 501 g/mol. The predicted molar refractivity (Wildman–Crippen MR) is 134 cm³/mol. The number of carboxylic acid groups (broad SMARTS) is 2. The van der Waals surface area contributed by atoms with Crippen LogP contribution in [0.2, 0.25) is 0 Å². The maximum Gasteiger partial charge on any atom is 0.337 e. The quantitative estimate of drug-likeness (QED) is 0.0951. The molecule has 0 saturated carbocycles. The molecule has 0 radical (unpaired) electrons. The highest BCUT2D eigenvalue weighted by atomic mass is 16.6. The molecule has 3 N–H and O–H groups in total. The van der Waals surface area contributed by atoms with Crippen LogP contribution >= 0.6 is 0 Å². The Morgan fingerprint density at radius 3 is 1.71 bits per heavy atom. The maximum absolute atomic E-state index is 12.7. The molecule has 0 aliphatic rings. The topological polar surface area (TPSA) is 138 Å². The average Bonchev–Trinajstić information content (AvgIpc) is 2.76. The number of carboxylic acids is 2. The number of ether oxygens (including phenoxy) is 1. The fraction of sp³-hybridized carbons (Fsp3) is 0.852. The van der Waals surface area contributed by atoms with E-state index in [4.69, 9.17) is 9.84 Å². The third-order valence-corrected chi connectivity index (χ3v) is 6.38. The number of hydrogen-bond acceptors (Lipinski definition) is 6. The van der Waals surface area contributed by atoms with E-state index < -0.39 is 41.8 Å². The molecule has 0 aromatic rings. The van der Waals surface area contributed by atoms with Crippen LogP contribution in [-0.2, 0) is 23.9 Å². The molecule has 0 bridgehead atoms. The number of unbranched alkanes of at least 4 members (excludes halogenated alkanes) is 11. The minimum absolute atomic E-state index is 0.0176. The third kappa shape index (κ3) is 15.6. The van der Waals surface area contributed by atoms with Crippen molar-refractivity contribution in [2.45, 2.75) is 136 Å². The summed E-state index contributed by atoms with van der Waals surface area (Å²) in [7, 11) is 0. The van der Waals surface area contributed by atoms with E-state index in [2.05, 4.69) is 20.8 Å². The van der Waals surface area contributed by atoms with Crippen LogP contribution in [-0.4, -0.2) is 44.8 Å². The molecule has 8 heteroatoms. The summed E-state index contributed by atoms with van der Waals surface area (Å²) in [5.74, 6) is -6.21. The van der Waals surface area contributed by atoms with E-state index in [0.717, 1.165) is 50.9 Å². The van der Waals surface area contributed by atoms with Crippen LogP contribution in [0.4, 0.5) is 0 Å². The zero-order chi connectivity index (χ0) is 26.7. The first-order valence-electron chi connectivity index (χ1n) is 13.5. The Labute approximate surface area is 210 Å². The van der Waals surface area contributed by atoms with Crippen molar-refractivity contribution in [3.05, 3.63) is 0 Å². The fourth-order valence-corrected chi connectivity index (χ4v) is 4.20. The molecular weight excluding hydrogens is 452 g/mol. The van der Waals surface area contributed by atoms with Crippen LogP contribution in [0, 0.1) is 11.8 Å². The van der Waals surface area contributed by atoms with E-state index in [0.29, 0.717) is 19.3 Å². The lowest BCUT2D eigenvalue weighted by Crippen LogP contribution is -2.51. The van der Waals surface area contributed by atoms with Gasteiger partial charge in [0.1, 0.15) is 0 Å². The summed E-state index contributed by atoms with van der Waals surface area (Å²) >= 11 is 0. The van der Waals surface area contributed by atoms with Gasteiger partial charge in [-0.3, -0.25) is 14.4 Å². The van der Waals surface area contributed by atoms with Crippen LogP contribution in [0.1, 0.15) is 130 Å². The lowest BCUT2D eigenvalue weighted by atomic mass is 9.81. The standard InChI is InChI=1S/C27H48O8/c1-4-5-6-11-16-19-24(30)35-25(31)22(27(34,26(32)33)20-23(28)29)18-15-13-10-8-7-9-12-14-17-21(2)3/h21-22,34H,4-20H2,1-3H3,(H,28,29)(H,32,33). The smallest absolute Gasteiger partial charge is 0.337 e. The summed E-state index contributed by atoms with van der Waals surface area (Å²) in [6, 6.07) is 0. The number of carbonyl (C=O) groups excluding carboxylic acids is 2. The Bertz CT molecular complexity index is 631. The molecule has 0 aliphatic heterocycles. The fourth-order valence-electron chi connectivity index (χ4n) is 4.20. The zero-order valence-electron chi connectivity index (χ0n) is 22.1. The monoisotopic (exact) mass is 500 g/mol.